The fraction of sp³-hybridized carbons (Fsp3) is 0.700. The molecule has 1 aliphatic rings. The zero-order valence-electron chi connectivity index (χ0n) is 8.16. The molecule has 0 spiro atoms. The van der Waals surface area contributed by atoms with Gasteiger partial charge in [-0.25, -0.2) is 4.79 Å². The third kappa shape index (κ3) is 3.49. The SMILES string of the molecule is CCCCC/C=C/N1CCOC1=O. The summed E-state index contributed by atoms with van der Waals surface area (Å²) < 4.78 is 4.78. The van der Waals surface area contributed by atoms with Gasteiger partial charge in [0.15, 0.2) is 0 Å². The molecule has 1 fully saturated rings. The molecule has 0 radical (unpaired) electrons. The lowest BCUT2D eigenvalue weighted by Gasteiger charge is -2.04. The molecule has 0 aromatic carbocycles. The molecule has 1 heterocycles. The van der Waals surface area contributed by atoms with Gasteiger partial charge >= 0.3 is 6.09 Å². The van der Waals surface area contributed by atoms with Crippen LogP contribution in [0.2, 0.25) is 0 Å². The zero-order valence-corrected chi connectivity index (χ0v) is 8.16. The fourth-order valence-electron chi connectivity index (χ4n) is 1.25. The molecule has 0 aromatic rings. The molecule has 0 unspecified atom stereocenters. The Kier molecular flexibility index (Phi) is 4.36. The third-order valence-corrected chi connectivity index (χ3v) is 2.05. The van der Waals surface area contributed by atoms with Gasteiger partial charge in [0.1, 0.15) is 6.61 Å². The van der Waals surface area contributed by atoms with Crippen molar-refractivity contribution in [3.63, 3.8) is 0 Å². The Balaban J connectivity index is 2.12. The first kappa shape index (κ1) is 10.1. The molecule has 74 valence electrons. The lowest BCUT2D eigenvalue weighted by molar-refractivity contribution is 0.166. The number of allylic oxidation sites excluding steroid dienone is 1. The number of carbonyl (C=O) groups excluding carboxylic acids is 1. The van der Waals surface area contributed by atoms with Crippen molar-refractivity contribution in [3.8, 4) is 0 Å². The minimum absolute atomic E-state index is 0.216. The van der Waals surface area contributed by atoms with Crippen molar-refractivity contribution in [1.82, 2.24) is 4.90 Å². The van der Waals surface area contributed by atoms with Crippen LogP contribution < -0.4 is 0 Å². The predicted molar refractivity (Wildman–Crippen MR) is 51.3 cm³/mol. The maximum absolute atomic E-state index is 10.9. The summed E-state index contributed by atoms with van der Waals surface area (Å²) in [5.41, 5.74) is 0. The van der Waals surface area contributed by atoms with E-state index in [4.69, 9.17) is 4.74 Å². The highest BCUT2D eigenvalue weighted by Gasteiger charge is 2.18. The number of ether oxygens (including phenoxy) is 1. The second kappa shape index (κ2) is 5.62. The van der Waals surface area contributed by atoms with Crippen LogP contribution in [0.25, 0.3) is 0 Å². The van der Waals surface area contributed by atoms with E-state index in [1.54, 1.807) is 4.90 Å². The summed E-state index contributed by atoms with van der Waals surface area (Å²) in [5.74, 6) is 0. The lowest BCUT2D eigenvalue weighted by Crippen LogP contribution is -2.16. The van der Waals surface area contributed by atoms with Gasteiger partial charge in [-0.3, -0.25) is 4.90 Å². The lowest BCUT2D eigenvalue weighted by atomic mass is 10.2. The van der Waals surface area contributed by atoms with Gasteiger partial charge in [-0.2, -0.15) is 0 Å². The quantitative estimate of drug-likeness (QED) is 0.613. The maximum atomic E-state index is 10.9. The van der Waals surface area contributed by atoms with Gasteiger partial charge in [0.05, 0.1) is 6.54 Å². The first-order chi connectivity index (χ1) is 6.34. The number of nitrogens with zero attached hydrogens (tertiary/aromatic N) is 1. The number of carbonyl (C=O) groups is 1. The van der Waals surface area contributed by atoms with Crippen LogP contribution in [0.4, 0.5) is 4.79 Å². The van der Waals surface area contributed by atoms with Crippen LogP contribution in [0.3, 0.4) is 0 Å². The molecule has 13 heavy (non-hydrogen) atoms. The summed E-state index contributed by atoms with van der Waals surface area (Å²) in [6, 6.07) is 0. The Labute approximate surface area is 79.4 Å². The Morgan fingerprint density at radius 1 is 1.54 bits per heavy atom. The Morgan fingerprint density at radius 3 is 3.00 bits per heavy atom. The molecule has 1 aliphatic heterocycles. The zero-order chi connectivity index (χ0) is 9.52. The van der Waals surface area contributed by atoms with E-state index in [1.165, 1.54) is 19.3 Å². The molecule has 1 saturated heterocycles. The molecule has 0 saturated carbocycles. The topological polar surface area (TPSA) is 29.5 Å². The van der Waals surface area contributed by atoms with Crippen molar-refractivity contribution in [2.45, 2.75) is 32.6 Å². The van der Waals surface area contributed by atoms with Gasteiger partial charge in [0.2, 0.25) is 0 Å². The maximum Gasteiger partial charge on any atom is 0.413 e. The number of hydrogen-bond acceptors (Lipinski definition) is 2. The first-order valence-corrected chi connectivity index (χ1v) is 4.94. The predicted octanol–water partition coefficient (Wildman–Crippen LogP) is 2.53. The minimum Gasteiger partial charge on any atom is -0.447 e. The number of amides is 1. The third-order valence-electron chi connectivity index (χ3n) is 2.05. The van der Waals surface area contributed by atoms with E-state index in [2.05, 4.69) is 6.92 Å². The molecule has 3 nitrogen and oxygen atoms in total. The normalized spacial score (nSPS) is 17.0. The van der Waals surface area contributed by atoms with E-state index in [1.807, 2.05) is 12.3 Å². The van der Waals surface area contributed by atoms with Gasteiger partial charge in [-0.1, -0.05) is 25.8 Å². The van der Waals surface area contributed by atoms with Crippen LogP contribution in [0.15, 0.2) is 12.3 Å². The summed E-state index contributed by atoms with van der Waals surface area (Å²) in [6.45, 7) is 3.41. The highest BCUT2D eigenvalue weighted by atomic mass is 16.6. The van der Waals surface area contributed by atoms with Gasteiger partial charge in [0, 0.05) is 6.20 Å². The Hall–Kier alpha value is -0.990. The standard InChI is InChI=1S/C10H17NO2/c1-2-3-4-5-6-7-11-8-9-13-10(11)12/h6-7H,2-5,8-9H2,1H3/b7-6+. The van der Waals surface area contributed by atoms with E-state index >= 15 is 0 Å². The highest BCUT2D eigenvalue weighted by Crippen LogP contribution is 2.05. The van der Waals surface area contributed by atoms with Crippen molar-refractivity contribution in [2.24, 2.45) is 0 Å². The van der Waals surface area contributed by atoms with Crippen molar-refractivity contribution in [2.75, 3.05) is 13.2 Å². The van der Waals surface area contributed by atoms with Crippen LogP contribution in [0, 0.1) is 0 Å². The number of unbranched alkanes of at least 4 members (excludes halogenated alkanes) is 3. The minimum atomic E-state index is -0.216. The summed E-state index contributed by atoms with van der Waals surface area (Å²) in [6.07, 6.45) is 8.42. The number of hydrogen-bond donors (Lipinski definition) is 0. The van der Waals surface area contributed by atoms with E-state index in [-0.39, 0.29) is 6.09 Å². The molecule has 0 atom stereocenters. The summed E-state index contributed by atoms with van der Waals surface area (Å²) in [4.78, 5) is 12.6. The molecular formula is C10H17NO2. The fourth-order valence-corrected chi connectivity index (χ4v) is 1.25. The smallest absolute Gasteiger partial charge is 0.413 e. The average Bonchev–Trinajstić information content (AvgIpc) is 2.52. The molecule has 0 N–H and O–H groups in total. The van der Waals surface area contributed by atoms with Crippen molar-refractivity contribution < 1.29 is 9.53 Å². The van der Waals surface area contributed by atoms with Crippen LogP contribution in [-0.2, 0) is 4.74 Å². The Bertz CT molecular complexity index is 189. The van der Waals surface area contributed by atoms with E-state index in [9.17, 15) is 4.79 Å². The van der Waals surface area contributed by atoms with E-state index < -0.39 is 0 Å². The molecule has 3 heteroatoms. The van der Waals surface area contributed by atoms with Crippen LogP contribution in [0.1, 0.15) is 32.6 Å². The van der Waals surface area contributed by atoms with Gasteiger partial charge in [-0.05, 0) is 12.8 Å². The molecule has 1 amide bonds. The van der Waals surface area contributed by atoms with Crippen molar-refractivity contribution in [3.05, 3.63) is 12.3 Å². The van der Waals surface area contributed by atoms with Crippen LogP contribution >= 0.6 is 0 Å². The molecule has 0 aliphatic carbocycles. The summed E-state index contributed by atoms with van der Waals surface area (Å²) >= 11 is 0. The van der Waals surface area contributed by atoms with Crippen molar-refractivity contribution >= 4 is 6.09 Å². The largest absolute Gasteiger partial charge is 0.447 e. The molecule has 0 aromatic heterocycles. The van der Waals surface area contributed by atoms with Crippen molar-refractivity contribution in [1.29, 1.82) is 0 Å². The van der Waals surface area contributed by atoms with Gasteiger partial charge < -0.3 is 4.74 Å². The number of cyclic esters (lactones) is 1. The van der Waals surface area contributed by atoms with Crippen LogP contribution in [0.5, 0.6) is 0 Å². The van der Waals surface area contributed by atoms with E-state index in [0.717, 1.165) is 6.42 Å². The highest BCUT2D eigenvalue weighted by molar-refractivity contribution is 5.70. The van der Waals surface area contributed by atoms with Gasteiger partial charge in [0.25, 0.3) is 0 Å². The monoisotopic (exact) mass is 183 g/mol. The summed E-state index contributed by atoms with van der Waals surface area (Å²) in [5, 5.41) is 0. The average molecular weight is 183 g/mol. The first-order valence-electron chi connectivity index (χ1n) is 4.94. The summed E-state index contributed by atoms with van der Waals surface area (Å²) in [7, 11) is 0. The second-order valence-electron chi connectivity index (χ2n) is 3.19. The molecular weight excluding hydrogens is 166 g/mol. The molecule has 0 bridgehead atoms. The Morgan fingerprint density at radius 2 is 2.38 bits per heavy atom. The number of rotatable bonds is 5. The second-order valence-corrected chi connectivity index (χ2v) is 3.19. The van der Waals surface area contributed by atoms with Crippen LogP contribution in [-0.4, -0.2) is 24.1 Å². The van der Waals surface area contributed by atoms with Gasteiger partial charge in [-0.15, -0.1) is 0 Å². The molecule has 1 rings (SSSR count). The van der Waals surface area contributed by atoms with E-state index in [0.29, 0.717) is 13.2 Å².